The summed E-state index contributed by atoms with van der Waals surface area (Å²) in [6.07, 6.45) is 7.84. The summed E-state index contributed by atoms with van der Waals surface area (Å²) >= 11 is 0. The van der Waals surface area contributed by atoms with E-state index >= 15 is 0 Å². The standard InChI is InChI=1S/C78H57N3/c1-48-44-75(80-69-30-16-12-22-57(69)58-23-13-17-31-70(58)80)50(3)42-65(48)54-36-40-73-67(46-54)68-47-55(66-43-51(4)76(45-49(66)2)81-71-32-18-14-24-59(71)60-25-15-19-33-72(60)81)37-41-74(68)79(73)56-38-34-53(35-39-56)78-63-28-10-8-26-61(63)77(52-20-6-5-7-21-52)62-27-9-11-29-64(62)78/h5-32,34-47,72H,33H2,1-4H3. The molecule has 0 spiro atoms. The Bertz CT molecular complexity index is 4890. The van der Waals surface area contributed by atoms with Gasteiger partial charge in [0.15, 0.2) is 0 Å². The molecule has 1 aliphatic carbocycles. The van der Waals surface area contributed by atoms with Crippen LogP contribution < -0.4 is 4.90 Å². The monoisotopic (exact) mass is 1040 g/mol. The van der Waals surface area contributed by atoms with Crippen molar-refractivity contribution < 1.29 is 0 Å². The van der Waals surface area contributed by atoms with Crippen LogP contribution in [0.1, 0.15) is 34.2 Å². The van der Waals surface area contributed by atoms with Crippen molar-refractivity contribution in [2.45, 2.75) is 40.2 Å². The van der Waals surface area contributed by atoms with E-state index in [2.05, 4.69) is 297 Å². The van der Waals surface area contributed by atoms with Crippen LogP contribution in [0, 0.1) is 27.7 Å². The second-order valence-electron chi connectivity index (χ2n) is 22.5. The number of aromatic nitrogens is 2. The normalized spacial score (nSPS) is 14.0. The zero-order valence-corrected chi connectivity index (χ0v) is 45.9. The van der Waals surface area contributed by atoms with Gasteiger partial charge in [0.05, 0.1) is 28.1 Å². The van der Waals surface area contributed by atoms with E-state index in [0.29, 0.717) is 6.04 Å². The predicted molar refractivity (Wildman–Crippen MR) is 345 cm³/mol. The van der Waals surface area contributed by atoms with Gasteiger partial charge in [0.25, 0.3) is 0 Å². The molecule has 16 rings (SSSR count). The number of anilines is 2. The molecule has 1 unspecified atom stereocenters. The number of rotatable bonds is 7. The number of benzene rings is 12. The summed E-state index contributed by atoms with van der Waals surface area (Å²) in [5.41, 5.74) is 27.4. The molecule has 1 aliphatic heterocycles. The van der Waals surface area contributed by atoms with Crippen LogP contribution in [0.2, 0.25) is 0 Å². The molecule has 384 valence electrons. The van der Waals surface area contributed by atoms with Gasteiger partial charge in [-0.15, -0.1) is 0 Å². The van der Waals surface area contributed by atoms with Crippen LogP contribution >= 0.6 is 0 Å². The number of hydrogen-bond donors (Lipinski definition) is 0. The van der Waals surface area contributed by atoms with E-state index in [1.54, 1.807) is 0 Å². The van der Waals surface area contributed by atoms with Gasteiger partial charge in [-0.05, 0) is 207 Å². The Hall–Kier alpha value is -9.96. The van der Waals surface area contributed by atoms with Gasteiger partial charge in [0.1, 0.15) is 0 Å². The first kappa shape index (κ1) is 47.1. The highest BCUT2D eigenvalue weighted by Gasteiger charge is 2.35. The van der Waals surface area contributed by atoms with Gasteiger partial charge >= 0.3 is 0 Å². The number of nitrogens with zero attached hydrogens (tertiary/aromatic N) is 3. The van der Waals surface area contributed by atoms with Gasteiger partial charge < -0.3 is 14.0 Å². The lowest BCUT2D eigenvalue weighted by Crippen LogP contribution is -2.27. The van der Waals surface area contributed by atoms with Gasteiger partial charge in [0, 0.05) is 49.9 Å². The molecule has 12 aromatic carbocycles. The minimum atomic E-state index is 0.290. The average molecular weight is 1040 g/mol. The molecule has 3 heteroatoms. The SMILES string of the molecule is Cc1cc(N2c3ccccc3C3=CC=CCC32)c(C)cc1-c1ccc2c(c1)c1cc(-c3cc(C)c(-n4c5ccccc5c5ccccc54)cc3C)ccc1n2-c1ccc(-c2c3ccccc3c(-c3ccccc3)c3ccccc23)cc1. The lowest BCUT2D eigenvalue weighted by Gasteiger charge is -2.30. The Morgan fingerprint density at radius 1 is 0.321 bits per heavy atom. The van der Waals surface area contributed by atoms with E-state index in [1.807, 2.05) is 0 Å². The van der Waals surface area contributed by atoms with Gasteiger partial charge in [0.2, 0.25) is 0 Å². The summed E-state index contributed by atoms with van der Waals surface area (Å²) in [4.78, 5) is 2.59. The molecular weight excluding hydrogens is 979 g/mol. The molecular formula is C78H57N3. The first-order chi connectivity index (χ1) is 39.9. The third kappa shape index (κ3) is 7.21. The maximum Gasteiger partial charge on any atom is 0.0633 e. The summed E-state index contributed by atoms with van der Waals surface area (Å²) in [5, 5.41) is 10.0. The lowest BCUT2D eigenvalue weighted by molar-refractivity contribution is 0.826. The first-order valence-electron chi connectivity index (χ1n) is 28.5. The molecule has 0 amide bonds. The Morgan fingerprint density at radius 2 is 0.778 bits per heavy atom. The fourth-order valence-electron chi connectivity index (χ4n) is 14.2. The largest absolute Gasteiger partial charge is 0.333 e. The van der Waals surface area contributed by atoms with Gasteiger partial charge in [-0.2, -0.15) is 0 Å². The fraction of sp³-hybridized carbons (Fsp3) is 0.0769. The average Bonchev–Trinajstić information content (AvgIpc) is 4.24. The molecule has 0 saturated heterocycles. The first-order valence-corrected chi connectivity index (χ1v) is 28.5. The number of para-hydroxylation sites is 3. The predicted octanol–water partition coefficient (Wildman–Crippen LogP) is 21.0. The molecule has 0 fully saturated rings. The number of hydrogen-bond acceptors (Lipinski definition) is 1. The Balaban J connectivity index is 0.856. The van der Waals surface area contributed by atoms with Crippen molar-refractivity contribution >= 4 is 82.1 Å². The van der Waals surface area contributed by atoms with Crippen molar-refractivity contribution in [3.05, 3.63) is 283 Å². The van der Waals surface area contributed by atoms with E-state index in [0.717, 1.165) is 12.1 Å². The molecule has 3 nitrogen and oxygen atoms in total. The summed E-state index contributed by atoms with van der Waals surface area (Å²) in [6.45, 7) is 9.13. The molecule has 1 atom stereocenters. The minimum Gasteiger partial charge on any atom is -0.333 e. The zero-order chi connectivity index (χ0) is 54.0. The van der Waals surface area contributed by atoms with E-state index < -0.39 is 0 Å². The molecule has 0 bridgehead atoms. The highest BCUT2D eigenvalue weighted by Crippen LogP contribution is 2.50. The topological polar surface area (TPSA) is 13.1 Å². The van der Waals surface area contributed by atoms with Crippen LogP contribution in [0.5, 0.6) is 0 Å². The molecule has 0 radical (unpaired) electrons. The van der Waals surface area contributed by atoms with Crippen LogP contribution in [0.25, 0.3) is 127 Å². The Morgan fingerprint density at radius 3 is 1.36 bits per heavy atom. The van der Waals surface area contributed by atoms with E-state index in [-0.39, 0.29) is 0 Å². The molecule has 2 aromatic heterocycles. The highest BCUT2D eigenvalue weighted by molar-refractivity contribution is 6.21. The van der Waals surface area contributed by atoms with Crippen LogP contribution in [-0.4, -0.2) is 15.2 Å². The van der Waals surface area contributed by atoms with E-state index in [9.17, 15) is 0 Å². The molecule has 2 aliphatic rings. The van der Waals surface area contributed by atoms with E-state index in [4.69, 9.17) is 0 Å². The summed E-state index contributed by atoms with van der Waals surface area (Å²) in [6, 6.07) is 88.9. The second-order valence-corrected chi connectivity index (χ2v) is 22.5. The van der Waals surface area contributed by atoms with Crippen molar-refractivity contribution in [3.63, 3.8) is 0 Å². The summed E-state index contributed by atoms with van der Waals surface area (Å²) in [5.74, 6) is 0. The molecule has 14 aromatic rings. The quantitative estimate of drug-likeness (QED) is 0.145. The van der Waals surface area contributed by atoms with Gasteiger partial charge in [-0.25, -0.2) is 0 Å². The van der Waals surface area contributed by atoms with Crippen LogP contribution in [0.4, 0.5) is 11.4 Å². The van der Waals surface area contributed by atoms with Crippen molar-refractivity contribution in [1.29, 1.82) is 0 Å². The Labute approximate surface area is 472 Å². The highest BCUT2D eigenvalue weighted by atomic mass is 15.2. The summed E-state index contributed by atoms with van der Waals surface area (Å²) < 4.78 is 4.93. The fourth-order valence-corrected chi connectivity index (χ4v) is 14.2. The molecule has 3 heterocycles. The van der Waals surface area contributed by atoms with Crippen molar-refractivity contribution in [2.24, 2.45) is 0 Å². The van der Waals surface area contributed by atoms with Gasteiger partial charge in [-0.3, -0.25) is 0 Å². The third-order valence-corrected chi connectivity index (χ3v) is 17.9. The third-order valence-electron chi connectivity index (χ3n) is 17.9. The molecule has 81 heavy (non-hydrogen) atoms. The number of allylic oxidation sites excluding steroid dienone is 2. The van der Waals surface area contributed by atoms with Crippen LogP contribution in [0.3, 0.4) is 0 Å². The Kier molecular flexibility index (Phi) is 10.6. The zero-order valence-electron chi connectivity index (χ0n) is 45.9. The minimum absolute atomic E-state index is 0.290. The maximum atomic E-state index is 2.59. The summed E-state index contributed by atoms with van der Waals surface area (Å²) in [7, 11) is 0. The maximum absolute atomic E-state index is 2.59. The van der Waals surface area contributed by atoms with Crippen LogP contribution in [0.15, 0.2) is 255 Å². The van der Waals surface area contributed by atoms with Gasteiger partial charge in [-0.1, -0.05) is 176 Å². The number of fused-ring (bicyclic) bond motifs is 11. The van der Waals surface area contributed by atoms with E-state index in [1.165, 1.54) is 160 Å². The van der Waals surface area contributed by atoms with Crippen molar-refractivity contribution in [1.82, 2.24) is 9.13 Å². The smallest absolute Gasteiger partial charge is 0.0633 e. The molecule has 0 saturated carbocycles. The van der Waals surface area contributed by atoms with Crippen molar-refractivity contribution in [3.8, 4) is 55.9 Å². The molecule has 0 N–H and O–H groups in total. The van der Waals surface area contributed by atoms with Crippen LogP contribution in [-0.2, 0) is 0 Å². The number of aryl methyl sites for hydroxylation is 4. The second kappa shape index (κ2) is 18.3. The van der Waals surface area contributed by atoms with Crippen molar-refractivity contribution in [2.75, 3.05) is 4.90 Å². The lowest BCUT2D eigenvalue weighted by atomic mass is 9.86.